The maximum atomic E-state index is 13.4. The highest BCUT2D eigenvalue weighted by Crippen LogP contribution is 2.31. The summed E-state index contributed by atoms with van der Waals surface area (Å²) in [5.74, 6) is -0.276. The minimum absolute atomic E-state index is 0.0640. The molecule has 0 radical (unpaired) electrons. The minimum Gasteiger partial charge on any atom is -0.493 e. The maximum Gasteiger partial charge on any atom is 0.277 e. The number of fused-ring (bicyclic) bond motifs is 1. The summed E-state index contributed by atoms with van der Waals surface area (Å²) in [5.41, 5.74) is -3.03. The zero-order chi connectivity index (χ0) is 34.5. The summed E-state index contributed by atoms with van der Waals surface area (Å²) in [6.07, 6.45) is -1.78. The smallest absolute Gasteiger partial charge is 0.277 e. The molecule has 1 aromatic carbocycles. The minimum atomic E-state index is -4.50. The van der Waals surface area contributed by atoms with Crippen molar-refractivity contribution in [3.05, 3.63) is 34.2 Å². The number of aryl methyl sites for hydroxylation is 2. The number of aromatic nitrogens is 4. The number of sulfonamides is 1. The van der Waals surface area contributed by atoms with Gasteiger partial charge in [0, 0.05) is 33.2 Å². The lowest BCUT2D eigenvalue weighted by Gasteiger charge is -2.19. The number of rotatable bonds is 11. The molecule has 1 unspecified atom stereocenters. The Hall–Kier alpha value is -2.76. The van der Waals surface area contributed by atoms with Crippen LogP contribution in [0.1, 0.15) is 65.3 Å². The van der Waals surface area contributed by atoms with E-state index in [0.29, 0.717) is 11.1 Å². The second-order valence-electron chi connectivity index (χ2n) is 8.50. The molecule has 0 spiro atoms. The van der Waals surface area contributed by atoms with Gasteiger partial charge in [-0.05, 0) is 63.8 Å². The van der Waals surface area contributed by atoms with Gasteiger partial charge in [-0.15, -0.1) is 0 Å². The average Bonchev–Trinajstić information content (AvgIpc) is 3.49. The van der Waals surface area contributed by atoms with E-state index in [1.165, 1.54) is 12.1 Å². The van der Waals surface area contributed by atoms with Gasteiger partial charge in [-0.25, -0.2) is 18.1 Å². The molecule has 36 heavy (non-hydrogen) atoms. The zero-order valence-corrected chi connectivity index (χ0v) is 20.9. The highest BCUT2D eigenvalue weighted by atomic mass is 32.2. The molecule has 0 amide bonds. The quantitative estimate of drug-likeness (QED) is 0.394. The summed E-state index contributed by atoms with van der Waals surface area (Å²) >= 11 is 0. The van der Waals surface area contributed by atoms with Gasteiger partial charge in [0.1, 0.15) is 17.1 Å². The molecule has 0 saturated carbocycles. The first-order valence-electron chi connectivity index (χ1n) is 16.6. The third-order valence-electron chi connectivity index (χ3n) is 5.98. The van der Waals surface area contributed by atoms with Crippen LogP contribution >= 0.6 is 0 Å². The van der Waals surface area contributed by atoms with Gasteiger partial charge >= 0.3 is 0 Å². The summed E-state index contributed by atoms with van der Waals surface area (Å²) in [6.45, 7) is -5.40. The van der Waals surface area contributed by atoms with Crippen molar-refractivity contribution in [2.75, 3.05) is 26.7 Å². The molecule has 0 bridgehead atoms. The Kier molecular flexibility index (Phi) is 4.98. The molecule has 0 aliphatic carbocycles. The number of hydrogen-bond donors (Lipinski definition) is 2. The zero-order valence-electron chi connectivity index (χ0n) is 30.1. The molecular formula is C25H36N6O4S. The van der Waals surface area contributed by atoms with Crippen molar-refractivity contribution in [1.29, 1.82) is 0 Å². The molecule has 1 fully saturated rings. The largest absolute Gasteiger partial charge is 0.493 e. The van der Waals surface area contributed by atoms with Crippen LogP contribution in [0.25, 0.3) is 22.4 Å². The van der Waals surface area contributed by atoms with Crippen LogP contribution in [0.5, 0.6) is 5.75 Å². The molecule has 3 aromatic rings. The Morgan fingerprint density at radius 2 is 2.22 bits per heavy atom. The number of aromatic amines is 1. The van der Waals surface area contributed by atoms with Crippen LogP contribution in [0.3, 0.4) is 0 Å². The van der Waals surface area contributed by atoms with E-state index in [2.05, 4.69) is 19.8 Å². The fraction of sp³-hybridized carbons (Fsp3) is 0.560. The molecule has 196 valence electrons. The second kappa shape index (κ2) is 11.1. The van der Waals surface area contributed by atoms with Gasteiger partial charge in [0.05, 0.1) is 22.8 Å². The van der Waals surface area contributed by atoms with Crippen LogP contribution in [0.4, 0.5) is 0 Å². The molecule has 1 aliphatic heterocycles. The predicted octanol–water partition coefficient (Wildman–Crippen LogP) is 2.83. The molecular weight excluding hydrogens is 480 g/mol. The topological polar surface area (TPSA) is 122 Å². The first-order valence-corrected chi connectivity index (χ1v) is 13.1. The van der Waals surface area contributed by atoms with E-state index < -0.39 is 70.3 Å². The Morgan fingerprint density at radius 1 is 1.36 bits per heavy atom. The van der Waals surface area contributed by atoms with Crippen molar-refractivity contribution in [2.45, 2.75) is 63.2 Å². The highest BCUT2D eigenvalue weighted by Gasteiger charge is 2.23. The van der Waals surface area contributed by atoms with Crippen LogP contribution in [0.2, 0.25) is 0 Å². The van der Waals surface area contributed by atoms with E-state index in [9.17, 15) is 13.2 Å². The number of H-pyrrole nitrogens is 1. The summed E-state index contributed by atoms with van der Waals surface area (Å²) < 4.78 is 115. The molecule has 1 aliphatic rings. The van der Waals surface area contributed by atoms with E-state index in [1.54, 1.807) is 0 Å². The van der Waals surface area contributed by atoms with Crippen LogP contribution in [-0.4, -0.2) is 65.8 Å². The van der Waals surface area contributed by atoms with Crippen molar-refractivity contribution in [3.8, 4) is 17.1 Å². The third-order valence-corrected chi connectivity index (χ3v) is 7.27. The van der Waals surface area contributed by atoms with Crippen LogP contribution < -0.4 is 15.0 Å². The van der Waals surface area contributed by atoms with Crippen molar-refractivity contribution in [3.63, 3.8) is 0 Å². The monoisotopic (exact) mass is 526 g/mol. The number of ether oxygens (including phenoxy) is 1. The summed E-state index contributed by atoms with van der Waals surface area (Å²) in [4.78, 5) is 21.7. The van der Waals surface area contributed by atoms with Crippen LogP contribution in [0, 0.1) is 0 Å². The van der Waals surface area contributed by atoms with Gasteiger partial charge in [-0.3, -0.25) is 9.48 Å². The van der Waals surface area contributed by atoms with E-state index in [4.69, 9.17) is 18.4 Å². The van der Waals surface area contributed by atoms with Gasteiger partial charge in [0.15, 0.2) is 5.52 Å². The van der Waals surface area contributed by atoms with Crippen molar-refractivity contribution in [2.24, 2.45) is 6.98 Å². The van der Waals surface area contributed by atoms with E-state index in [-0.39, 0.29) is 36.2 Å². The first kappa shape index (κ1) is 16.2. The molecule has 3 heterocycles. The lowest BCUT2D eigenvalue weighted by Crippen LogP contribution is -2.31. The van der Waals surface area contributed by atoms with Gasteiger partial charge in [-0.1, -0.05) is 20.2 Å². The molecule has 11 heteroatoms. The third kappa shape index (κ3) is 5.47. The van der Waals surface area contributed by atoms with E-state index in [1.807, 2.05) is 18.9 Å². The number of nitrogens with one attached hydrogen (secondary N) is 2. The molecule has 10 nitrogen and oxygen atoms in total. The van der Waals surface area contributed by atoms with Crippen molar-refractivity contribution >= 4 is 21.1 Å². The first-order chi connectivity index (χ1) is 21.0. The lowest BCUT2D eigenvalue weighted by atomic mass is 10.1. The Morgan fingerprint density at radius 3 is 2.94 bits per heavy atom. The lowest BCUT2D eigenvalue weighted by molar-refractivity contribution is 0.297. The normalized spacial score (nSPS) is 22.3. The molecule has 4 rings (SSSR count). The molecule has 1 saturated heterocycles. The number of benzene rings is 1. The van der Waals surface area contributed by atoms with Crippen LogP contribution in [0.15, 0.2) is 27.9 Å². The summed E-state index contributed by atoms with van der Waals surface area (Å²) in [5, 5.41) is 3.79. The standard InChI is InChI=1S/C25H36N6O4S/c1-5-8-20-22-23(31(4)29-20)25(32)28-24(27-22)19-16-18(10-11-21(19)35-15-6-2)36(33,34)26-13-12-17-9-7-14-30(17)3/h10-11,16-17,26H,5-9,12-15H2,1-4H3,(H,27,28,32)/i1D3,4D3,8D2,13D2. The molecule has 2 aromatic heterocycles. The van der Waals surface area contributed by atoms with Crippen molar-refractivity contribution < 1.29 is 26.9 Å². The SMILES string of the molecule is [2H]C([2H])([2H])CC([2H])([2H])c1nn(C([2H])([2H])[2H])c2c(=O)[nH]c(-c3cc(S(=O)(=O)NC([2H])([2H])CC4CCCN4C)ccc3OCCC)nc12. The predicted molar refractivity (Wildman–Crippen MR) is 140 cm³/mol. The number of nitrogens with zero attached hydrogens (tertiary/aromatic N) is 4. The highest BCUT2D eigenvalue weighted by molar-refractivity contribution is 7.89. The fourth-order valence-electron chi connectivity index (χ4n) is 4.11. The van der Waals surface area contributed by atoms with Gasteiger partial charge < -0.3 is 14.6 Å². The average molecular weight is 527 g/mol. The Labute approximate surface area is 226 Å². The Balaban J connectivity index is 1.88. The van der Waals surface area contributed by atoms with Gasteiger partial charge in [-0.2, -0.15) is 5.10 Å². The van der Waals surface area contributed by atoms with E-state index in [0.717, 1.165) is 25.5 Å². The fourth-order valence-corrected chi connectivity index (χ4v) is 5.02. The number of hydrogen-bond acceptors (Lipinski definition) is 7. The summed E-state index contributed by atoms with van der Waals surface area (Å²) in [7, 11) is -2.65. The van der Waals surface area contributed by atoms with E-state index >= 15 is 0 Å². The van der Waals surface area contributed by atoms with Gasteiger partial charge in [0.2, 0.25) is 10.0 Å². The van der Waals surface area contributed by atoms with Crippen LogP contribution in [-0.2, 0) is 23.4 Å². The maximum absolute atomic E-state index is 13.4. The molecule has 1 atom stereocenters. The summed E-state index contributed by atoms with van der Waals surface area (Å²) in [6, 6.07) is 3.43. The second-order valence-corrected chi connectivity index (χ2v) is 10.2. The van der Waals surface area contributed by atoms with Gasteiger partial charge in [0.25, 0.3) is 5.56 Å². The Bertz CT molecular complexity index is 1750. The van der Waals surface area contributed by atoms with Crippen molar-refractivity contribution in [1.82, 2.24) is 29.4 Å². The number of likely N-dealkylation sites (tertiary alicyclic amines) is 1. The molecule has 2 N–H and O–H groups in total.